The van der Waals surface area contributed by atoms with Crippen molar-refractivity contribution < 1.29 is 23.4 Å². The Balaban J connectivity index is 1.96. The highest BCUT2D eigenvalue weighted by molar-refractivity contribution is 9.10. The molecule has 0 spiro atoms. The molecule has 0 bridgehead atoms. The molecule has 6 nitrogen and oxygen atoms in total. The van der Waals surface area contributed by atoms with Gasteiger partial charge in [-0.1, -0.05) is 0 Å². The summed E-state index contributed by atoms with van der Waals surface area (Å²) < 4.78 is 22.6. The number of carbonyl (C=O) groups excluding carboxylic acids is 1. The molecule has 1 aliphatic rings. The lowest BCUT2D eigenvalue weighted by molar-refractivity contribution is -0.130. The van der Waals surface area contributed by atoms with Crippen molar-refractivity contribution in [3.8, 4) is 11.5 Å². The van der Waals surface area contributed by atoms with Crippen molar-refractivity contribution in [3.63, 3.8) is 0 Å². The fourth-order valence-electron chi connectivity index (χ4n) is 2.36. The Kier molecular flexibility index (Phi) is 5.46. The van der Waals surface area contributed by atoms with E-state index in [4.69, 9.17) is 18.6 Å². The smallest absolute Gasteiger partial charge is 0.363 e. The van der Waals surface area contributed by atoms with Crippen molar-refractivity contribution in [3.05, 3.63) is 52.0 Å². The molecule has 0 amide bonds. The number of esters is 1. The lowest BCUT2D eigenvalue weighted by Gasteiger charge is -2.16. The van der Waals surface area contributed by atoms with Crippen molar-refractivity contribution in [2.45, 2.75) is 26.9 Å². The first-order valence-electron chi connectivity index (χ1n) is 8.17. The maximum atomic E-state index is 12.1. The van der Waals surface area contributed by atoms with Crippen molar-refractivity contribution in [1.29, 1.82) is 0 Å². The van der Waals surface area contributed by atoms with Crippen molar-refractivity contribution in [2.75, 3.05) is 6.61 Å². The van der Waals surface area contributed by atoms with Gasteiger partial charge >= 0.3 is 5.97 Å². The van der Waals surface area contributed by atoms with Gasteiger partial charge in [-0.25, -0.2) is 9.79 Å². The fourth-order valence-corrected chi connectivity index (χ4v) is 2.91. The molecule has 0 N–H and O–H groups in total. The van der Waals surface area contributed by atoms with Crippen LogP contribution in [0.1, 0.15) is 32.1 Å². The number of carbonyl (C=O) groups is 1. The maximum absolute atomic E-state index is 12.1. The number of ether oxygens (including phenoxy) is 3. The minimum Gasteiger partial charge on any atom is -0.490 e. The number of hydrogen-bond acceptors (Lipinski definition) is 6. The van der Waals surface area contributed by atoms with Crippen molar-refractivity contribution in [1.82, 2.24) is 0 Å². The standard InChI is InChI=1S/C19H18BrNO5/c1-4-23-16-10-12(8-13(20)17(16)25-11(2)3)9-14-19(22)26-18(21-14)15-6-5-7-24-15/h5-11H,4H2,1-3H3/b14-9-. The van der Waals surface area contributed by atoms with Gasteiger partial charge in [0, 0.05) is 0 Å². The molecular formula is C19H18BrNO5. The zero-order chi connectivity index (χ0) is 18.7. The molecule has 0 saturated heterocycles. The Bertz CT molecular complexity index is 868. The van der Waals surface area contributed by atoms with Crippen LogP contribution in [0.2, 0.25) is 0 Å². The molecule has 0 unspecified atom stereocenters. The molecule has 0 fully saturated rings. The summed E-state index contributed by atoms with van der Waals surface area (Å²) in [6, 6.07) is 7.01. The van der Waals surface area contributed by atoms with Gasteiger partial charge in [0.15, 0.2) is 23.0 Å². The molecule has 3 rings (SSSR count). The van der Waals surface area contributed by atoms with Gasteiger partial charge in [0.25, 0.3) is 5.90 Å². The molecule has 2 aromatic rings. The fraction of sp³-hybridized carbons (Fsp3) is 0.263. The highest BCUT2D eigenvalue weighted by Gasteiger charge is 2.26. The number of aliphatic imine (C=N–C) groups is 1. The van der Waals surface area contributed by atoms with E-state index in [1.165, 1.54) is 6.26 Å². The largest absolute Gasteiger partial charge is 0.490 e. The molecule has 7 heteroatoms. The topological polar surface area (TPSA) is 70.3 Å². The van der Waals surface area contributed by atoms with E-state index < -0.39 is 5.97 Å². The van der Waals surface area contributed by atoms with Crippen LogP contribution in [-0.4, -0.2) is 24.6 Å². The highest BCUT2D eigenvalue weighted by Crippen LogP contribution is 2.38. The van der Waals surface area contributed by atoms with E-state index in [1.807, 2.05) is 26.8 Å². The van der Waals surface area contributed by atoms with Gasteiger partial charge in [-0.3, -0.25) is 0 Å². The second-order valence-corrected chi connectivity index (χ2v) is 6.60. The first kappa shape index (κ1) is 18.3. The Morgan fingerprint density at radius 1 is 1.35 bits per heavy atom. The second kappa shape index (κ2) is 7.78. The highest BCUT2D eigenvalue weighted by atomic mass is 79.9. The number of nitrogens with zero attached hydrogens (tertiary/aromatic N) is 1. The van der Waals surface area contributed by atoms with Gasteiger partial charge in [-0.05, 0) is 72.6 Å². The van der Waals surface area contributed by atoms with Crippen molar-refractivity contribution >= 4 is 33.9 Å². The molecule has 0 aliphatic carbocycles. The predicted molar refractivity (Wildman–Crippen MR) is 100 cm³/mol. The Morgan fingerprint density at radius 3 is 2.81 bits per heavy atom. The number of benzene rings is 1. The molecule has 1 aromatic carbocycles. The van der Waals surface area contributed by atoms with Gasteiger partial charge in [-0.2, -0.15) is 0 Å². The van der Waals surface area contributed by atoms with E-state index >= 15 is 0 Å². The van der Waals surface area contributed by atoms with Crippen LogP contribution in [0.15, 0.2) is 50.1 Å². The molecule has 26 heavy (non-hydrogen) atoms. The van der Waals surface area contributed by atoms with E-state index in [-0.39, 0.29) is 17.7 Å². The molecule has 2 heterocycles. The number of hydrogen-bond donors (Lipinski definition) is 0. The van der Waals surface area contributed by atoms with E-state index in [9.17, 15) is 4.79 Å². The van der Waals surface area contributed by atoms with Crippen molar-refractivity contribution in [2.24, 2.45) is 4.99 Å². The Hall–Kier alpha value is -2.54. The van der Waals surface area contributed by atoms with Crippen LogP contribution in [0.3, 0.4) is 0 Å². The van der Waals surface area contributed by atoms with Crippen LogP contribution in [0, 0.1) is 0 Å². The van der Waals surface area contributed by atoms with Gasteiger partial charge < -0.3 is 18.6 Å². The molecule has 1 aromatic heterocycles. The average molecular weight is 420 g/mol. The van der Waals surface area contributed by atoms with Crippen LogP contribution in [-0.2, 0) is 9.53 Å². The third-order valence-electron chi connectivity index (χ3n) is 3.34. The lowest BCUT2D eigenvalue weighted by atomic mass is 10.1. The van der Waals surface area contributed by atoms with Gasteiger partial charge in [-0.15, -0.1) is 0 Å². The van der Waals surface area contributed by atoms with Crippen LogP contribution in [0.5, 0.6) is 11.5 Å². The maximum Gasteiger partial charge on any atom is 0.363 e. The quantitative estimate of drug-likeness (QED) is 0.506. The van der Waals surface area contributed by atoms with Gasteiger partial charge in [0.2, 0.25) is 0 Å². The second-order valence-electron chi connectivity index (χ2n) is 5.74. The summed E-state index contributed by atoms with van der Waals surface area (Å²) in [5.41, 5.74) is 0.913. The Labute approximate surface area is 159 Å². The van der Waals surface area contributed by atoms with E-state index in [2.05, 4.69) is 20.9 Å². The first-order chi connectivity index (χ1) is 12.5. The SMILES string of the molecule is CCOc1cc(/C=C2\N=C(c3ccco3)OC2=O)cc(Br)c1OC(C)C. The minimum absolute atomic E-state index is 0.0000235. The van der Waals surface area contributed by atoms with Crippen LogP contribution >= 0.6 is 15.9 Å². The summed E-state index contributed by atoms with van der Waals surface area (Å²) in [5.74, 6) is 1.23. The summed E-state index contributed by atoms with van der Waals surface area (Å²) in [6.07, 6.45) is 3.12. The summed E-state index contributed by atoms with van der Waals surface area (Å²) in [5, 5.41) is 0. The predicted octanol–water partition coefficient (Wildman–Crippen LogP) is 4.57. The molecule has 0 radical (unpaired) electrons. The first-order valence-corrected chi connectivity index (χ1v) is 8.96. The van der Waals surface area contributed by atoms with E-state index in [0.29, 0.717) is 23.9 Å². The van der Waals surface area contributed by atoms with Crippen LogP contribution in [0.25, 0.3) is 6.08 Å². The molecule has 1 aliphatic heterocycles. The number of rotatable bonds is 6. The lowest BCUT2D eigenvalue weighted by Crippen LogP contribution is -2.08. The summed E-state index contributed by atoms with van der Waals surface area (Å²) in [7, 11) is 0. The molecule has 0 saturated carbocycles. The van der Waals surface area contributed by atoms with E-state index in [1.54, 1.807) is 24.3 Å². The summed E-state index contributed by atoms with van der Waals surface area (Å²) in [4.78, 5) is 16.3. The molecular weight excluding hydrogens is 402 g/mol. The number of cyclic esters (lactones) is 1. The van der Waals surface area contributed by atoms with Crippen LogP contribution < -0.4 is 9.47 Å². The Morgan fingerprint density at radius 2 is 2.15 bits per heavy atom. The third-order valence-corrected chi connectivity index (χ3v) is 3.93. The van der Waals surface area contributed by atoms with Crippen LogP contribution in [0.4, 0.5) is 0 Å². The van der Waals surface area contributed by atoms with Gasteiger partial charge in [0.1, 0.15) is 0 Å². The molecule has 0 atom stereocenters. The summed E-state index contributed by atoms with van der Waals surface area (Å²) in [6.45, 7) is 6.27. The molecule has 136 valence electrons. The zero-order valence-electron chi connectivity index (χ0n) is 14.6. The summed E-state index contributed by atoms with van der Waals surface area (Å²) >= 11 is 3.50. The number of halogens is 1. The monoisotopic (exact) mass is 419 g/mol. The third kappa shape index (κ3) is 3.99. The average Bonchev–Trinajstić information content (AvgIpc) is 3.21. The van der Waals surface area contributed by atoms with Gasteiger partial charge in [0.05, 0.1) is 23.4 Å². The van der Waals surface area contributed by atoms with E-state index in [0.717, 1.165) is 10.0 Å². The zero-order valence-corrected chi connectivity index (χ0v) is 16.2. The normalized spacial score (nSPS) is 15.3. The minimum atomic E-state index is -0.534. The number of furan rings is 1.